The molecule has 6 heteroatoms. The van der Waals surface area contributed by atoms with Gasteiger partial charge in [0.1, 0.15) is 5.75 Å². The lowest BCUT2D eigenvalue weighted by atomic mass is 10.1. The molecule has 0 bridgehead atoms. The van der Waals surface area contributed by atoms with Crippen molar-refractivity contribution < 1.29 is 9.53 Å². The summed E-state index contributed by atoms with van der Waals surface area (Å²) in [4.78, 5) is 19.0. The zero-order valence-electron chi connectivity index (χ0n) is 14.7. The Kier molecular flexibility index (Phi) is 6.28. The second-order valence-electron chi connectivity index (χ2n) is 6.27. The van der Waals surface area contributed by atoms with E-state index in [1.54, 1.807) is 18.4 Å². The minimum atomic E-state index is 0.0813. The molecule has 1 N–H and O–H groups in total. The summed E-state index contributed by atoms with van der Waals surface area (Å²) in [6.07, 6.45) is 4.52. The van der Waals surface area contributed by atoms with Crippen LogP contribution in [0.15, 0.2) is 29.6 Å². The van der Waals surface area contributed by atoms with E-state index in [9.17, 15) is 4.79 Å². The fourth-order valence-electron chi connectivity index (χ4n) is 2.97. The maximum atomic E-state index is 12.0. The van der Waals surface area contributed by atoms with Gasteiger partial charge in [-0.2, -0.15) is 0 Å². The molecule has 2 heterocycles. The number of nitrogens with one attached hydrogen (secondary N) is 1. The highest BCUT2D eigenvalue weighted by Crippen LogP contribution is 2.24. The van der Waals surface area contributed by atoms with E-state index >= 15 is 0 Å². The van der Waals surface area contributed by atoms with Crippen molar-refractivity contribution in [1.29, 1.82) is 0 Å². The maximum absolute atomic E-state index is 12.0. The van der Waals surface area contributed by atoms with E-state index in [4.69, 9.17) is 4.74 Å². The molecule has 1 amide bonds. The van der Waals surface area contributed by atoms with Crippen LogP contribution in [0.1, 0.15) is 30.5 Å². The van der Waals surface area contributed by atoms with Crippen molar-refractivity contribution in [2.24, 2.45) is 0 Å². The Bertz CT molecular complexity index is 695. The number of amides is 1. The number of aromatic nitrogens is 1. The molecule has 0 unspecified atom stereocenters. The second-order valence-corrected chi connectivity index (χ2v) is 7.10. The highest BCUT2D eigenvalue weighted by molar-refractivity contribution is 7.13. The predicted molar refractivity (Wildman–Crippen MR) is 102 cm³/mol. The van der Waals surface area contributed by atoms with Gasteiger partial charge in [-0.05, 0) is 37.0 Å². The van der Waals surface area contributed by atoms with E-state index in [2.05, 4.69) is 20.6 Å². The first-order valence-electron chi connectivity index (χ1n) is 8.83. The smallest absolute Gasteiger partial charge is 0.220 e. The minimum Gasteiger partial charge on any atom is -0.497 e. The van der Waals surface area contributed by atoms with E-state index in [-0.39, 0.29) is 5.91 Å². The lowest BCUT2D eigenvalue weighted by molar-refractivity contribution is -0.121. The number of benzene rings is 1. The van der Waals surface area contributed by atoms with Crippen LogP contribution in [-0.2, 0) is 17.6 Å². The van der Waals surface area contributed by atoms with Gasteiger partial charge in [0, 0.05) is 37.9 Å². The van der Waals surface area contributed by atoms with Gasteiger partial charge in [-0.25, -0.2) is 4.98 Å². The molecule has 5 nitrogen and oxygen atoms in total. The molecular weight excluding hydrogens is 334 g/mol. The molecule has 3 rings (SSSR count). The third-order valence-corrected chi connectivity index (χ3v) is 5.34. The molecule has 1 aromatic carbocycles. The number of thiazole rings is 1. The third-order valence-electron chi connectivity index (χ3n) is 4.39. The molecular formula is C19H25N3O2S. The number of carbonyl (C=O) groups excluding carboxylic acids is 1. The number of hydrogen-bond acceptors (Lipinski definition) is 5. The van der Waals surface area contributed by atoms with E-state index in [0.29, 0.717) is 13.0 Å². The summed E-state index contributed by atoms with van der Waals surface area (Å²) >= 11 is 1.71. The Balaban J connectivity index is 1.37. The molecule has 0 aliphatic carbocycles. The van der Waals surface area contributed by atoms with Crippen LogP contribution >= 0.6 is 11.3 Å². The Labute approximate surface area is 153 Å². The van der Waals surface area contributed by atoms with Gasteiger partial charge in [0.05, 0.1) is 12.8 Å². The van der Waals surface area contributed by atoms with Crippen LogP contribution in [0.3, 0.4) is 0 Å². The fourth-order valence-corrected chi connectivity index (χ4v) is 3.88. The van der Waals surface area contributed by atoms with Crippen molar-refractivity contribution >= 4 is 22.4 Å². The SMILES string of the molecule is COc1cccc(CCC(=O)NCCc2csc(N3CCCC3)n2)c1. The van der Waals surface area contributed by atoms with Gasteiger partial charge in [0.2, 0.25) is 5.91 Å². The van der Waals surface area contributed by atoms with Crippen LogP contribution in [0.2, 0.25) is 0 Å². The normalized spacial score (nSPS) is 13.9. The molecule has 1 aliphatic rings. The first-order valence-corrected chi connectivity index (χ1v) is 9.71. The van der Waals surface area contributed by atoms with Gasteiger partial charge in [-0.3, -0.25) is 4.79 Å². The average Bonchev–Trinajstić information content (AvgIpc) is 3.31. The summed E-state index contributed by atoms with van der Waals surface area (Å²) in [5, 5.41) is 6.22. The molecule has 0 saturated carbocycles. The summed E-state index contributed by atoms with van der Waals surface area (Å²) in [6.45, 7) is 2.88. The molecule has 1 fully saturated rings. The van der Waals surface area contributed by atoms with Gasteiger partial charge in [0.15, 0.2) is 5.13 Å². The number of rotatable bonds is 8. The average molecular weight is 359 g/mol. The van der Waals surface area contributed by atoms with Crippen molar-refractivity contribution in [3.05, 3.63) is 40.9 Å². The topological polar surface area (TPSA) is 54.5 Å². The standard InChI is InChI=1S/C19H25N3O2S/c1-24-17-6-4-5-15(13-17)7-8-18(23)20-10-9-16-14-25-19(21-16)22-11-2-3-12-22/h4-6,13-14H,2-3,7-12H2,1H3,(H,20,23). The molecule has 2 aromatic rings. The largest absolute Gasteiger partial charge is 0.497 e. The van der Waals surface area contributed by atoms with Crippen LogP contribution in [0.5, 0.6) is 5.75 Å². The van der Waals surface area contributed by atoms with Gasteiger partial charge < -0.3 is 15.0 Å². The Morgan fingerprint density at radius 3 is 2.96 bits per heavy atom. The van der Waals surface area contributed by atoms with Crippen LogP contribution in [0.25, 0.3) is 0 Å². The Morgan fingerprint density at radius 1 is 1.32 bits per heavy atom. The number of ether oxygens (including phenoxy) is 1. The lowest BCUT2D eigenvalue weighted by Gasteiger charge is -2.12. The molecule has 0 radical (unpaired) electrons. The number of aryl methyl sites for hydroxylation is 1. The van der Waals surface area contributed by atoms with Gasteiger partial charge >= 0.3 is 0 Å². The molecule has 134 valence electrons. The molecule has 0 spiro atoms. The number of carbonyl (C=O) groups is 1. The van der Waals surface area contributed by atoms with Crippen molar-refractivity contribution in [2.45, 2.75) is 32.1 Å². The van der Waals surface area contributed by atoms with Crippen LogP contribution in [0.4, 0.5) is 5.13 Å². The fraction of sp³-hybridized carbons (Fsp3) is 0.474. The number of nitrogens with zero attached hydrogens (tertiary/aromatic N) is 2. The van der Waals surface area contributed by atoms with E-state index in [1.807, 2.05) is 24.3 Å². The highest BCUT2D eigenvalue weighted by Gasteiger charge is 2.15. The summed E-state index contributed by atoms with van der Waals surface area (Å²) < 4.78 is 5.20. The van der Waals surface area contributed by atoms with Gasteiger partial charge in [-0.1, -0.05) is 12.1 Å². The van der Waals surface area contributed by atoms with Crippen LogP contribution in [-0.4, -0.2) is 37.6 Å². The molecule has 0 atom stereocenters. The monoisotopic (exact) mass is 359 g/mol. The third kappa shape index (κ3) is 5.19. The van der Waals surface area contributed by atoms with Crippen LogP contribution in [0, 0.1) is 0 Å². The summed E-state index contributed by atoms with van der Waals surface area (Å²) in [6, 6.07) is 7.85. The number of methoxy groups -OCH3 is 1. The number of hydrogen-bond donors (Lipinski definition) is 1. The van der Waals surface area contributed by atoms with Gasteiger partial charge in [0.25, 0.3) is 0 Å². The van der Waals surface area contributed by atoms with Crippen molar-refractivity contribution in [3.63, 3.8) is 0 Å². The zero-order valence-corrected chi connectivity index (χ0v) is 15.5. The molecule has 1 saturated heterocycles. The molecule has 1 aliphatic heterocycles. The van der Waals surface area contributed by atoms with Gasteiger partial charge in [-0.15, -0.1) is 11.3 Å². The minimum absolute atomic E-state index is 0.0813. The van der Waals surface area contributed by atoms with E-state index < -0.39 is 0 Å². The highest BCUT2D eigenvalue weighted by atomic mass is 32.1. The first-order chi connectivity index (χ1) is 12.2. The summed E-state index contributed by atoms with van der Waals surface area (Å²) in [5.41, 5.74) is 2.18. The lowest BCUT2D eigenvalue weighted by Crippen LogP contribution is -2.26. The van der Waals surface area contributed by atoms with E-state index in [0.717, 1.165) is 48.1 Å². The number of anilines is 1. The zero-order chi connectivity index (χ0) is 17.5. The Morgan fingerprint density at radius 2 is 2.16 bits per heavy atom. The Hall–Kier alpha value is -2.08. The molecule has 25 heavy (non-hydrogen) atoms. The maximum Gasteiger partial charge on any atom is 0.220 e. The van der Waals surface area contributed by atoms with E-state index in [1.165, 1.54) is 12.8 Å². The van der Waals surface area contributed by atoms with Crippen LogP contribution < -0.4 is 15.0 Å². The summed E-state index contributed by atoms with van der Waals surface area (Å²) in [5.74, 6) is 0.910. The summed E-state index contributed by atoms with van der Waals surface area (Å²) in [7, 11) is 1.65. The second kappa shape index (κ2) is 8.85. The van der Waals surface area contributed by atoms with Crippen molar-refractivity contribution in [2.75, 3.05) is 31.6 Å². The predicted octanol–water partition coefficient (Wildman–Crippen LogP) is 3.04. The van der Waals surface area contributed by atoms with Crippen molar-refractivity contribution in [3.8, 4) is 5.75 Å². The molecule has 1 aromatic heterocycles. The quantitative estimate of drug-likeness (QED) is 0.787. The first kappa shape index (κ1) is 17.7. The van der Waals surface area contributed by atoms with Crippen molar-refractivity contribution in [1.82, 2.24) is 10.3 Å².